The zero-order chi connectivity index (χ0) is 33.3. The number of hydrogen-bond acceptors (Lipinski definition) is 11. The van der Waals surface area contributed by atoms with Crippen molar-refractivity contribution in [2.24, 2.45) is 0 Å². The SMILES string of the molecule is CO[C@H]1O[C@H](COS(=O)(=O)OCC(Cl)(Cl)Cl)[C@@H](OCc2ccccc2)[C@H](OCc2ccccc2)[C@H]1NS(=O)(=O)OCC(Cl)(Cl)Cl. The lowest BCUT2D eigenvalue weighted by molar-refractivity contribution is -0.279. The predicted molar refractivity (Wildman–Crippen MR) is 169 cm³/mol. The van der Waals surface area contributed by atoms with Gasteiger partial charge in [0.1, 0.15) is 37.6 Å². The molecule has 5 atom stereocenters. The zero-order valence-corrected chi connectivity index (χ0v) is 29.4. The van der Waals surface area contributed by atoms with E-state index < -0.39 is 78.8 Å². The van der Waals surface area contributed by atoms with Gasteiger partial charge in [-0.25, -0.2) is 8.37 Å². The van der Waals surface area contributed by atoms with Gasteiger partial charge in [-0.05, 0) is 11.1 Å². The highest BCUT2D eigenvalue weighted by Gasteiger charge is 2.50. The monoisotopic (exact) mass is 793 g/mol. The third kappa shape index (κ3) is 14.4. The van der Waals surface area contributed by atoms with E-state index in [-0.39, 0.29) is 13.2 Å². The first-order chi connectivity index (χ1) is 21.0. The predicted octanol–water partition coefficient (Wildman–Crippen LogP) is 4.77. The Morgan fingerprint density at radius 1 is 0.733 bits per heavy atom. The van der Waals surface area contributed by atoms with Gasteiger partial charge in [0.15, 0.2) is 6.29 Å². The Hall–Kier alpha value is -0.240. The maximum absolute atomic E-state index is 12.9. The maximum Gasteiger partial charge on any atom is 0.400 e. The number of halogens is 6. The molecule has 20 heteroatoms. The average Bonchev–Trinajstić information content (AvgIpc) is 2.97. The average molecular weight is 796 g/mol. The first-order valence-corrected chi connectivity index (χ1v) is 17.8. The minimum Gasteiger partial charge on any atom is -0.369 e. The maximum atomic E-state index is 12.9. The Morgan fingerprint density at radius 2 is 1.22 bits per heavy atom. The van der Waals surface area contributed by atoms with Crippen LogP contribution in [0.2, 0.25) is 0 Å². The van der Waals surface area contributed by atoms with Gasteiger partial charge in [0.25, 0.3) is 0 Å². The van der Waals surface area contributed by atoms with Crippen molar-refractivity contribution in [3.63, 3.8) is 0 Å². The van der Waals surface area contributed by atoms with Crippen LogP contribution in [0.5, 0.6) is 0 Å². The number of nitrogens with one attached hydrogen (secondary N) is 1. The van der Waals surface area contributed by atoms with Crippen LogP contribution in [0.1, 0.15) is 11.1 Å². The van der Waals surface area contributed by atoms with Crippen molar-refractivity contribution in [1.29, 1.82) is 0 Å². The third-order valence-electron chi connectivity index (χ3n) is 5.85. The molecular formula is C25H29Cl6NO11S2. The fourth-order valence-corrected chi connectivity index (χ4v) is 6.35. The molecule has 45 heavy (non-hydrogen) atoms. The molecule has 0 aromatic heterocycles. The molecule has 1 N–H and O–H groups in total. The Bertz CT molecular complexity index is 1400. The smallest absolute Gasteiger partial charge is 0.369 e. The highest BCUT2D eigenvalue weighted by molar-refractivity contribution is 7.84. The summed E-state index contributed by atoms with van der Waals surface area (Å²) in [5.74, 6) is 0. The van der Waals surface area contributed by atoms with Crippen LogP contribution in [0, 0.1) is 0 Å². The minimum atomic E-state index is -4.70. The van der Waals surface area contributed by atoms with Crippen LogP contribution in [-0.4, -0.2) is 82.0 Å². The lowest BCUT2D eigenvalue weighted by Crippen LogP contribution is -2.66. The number of methoxy groups -OCH3 is 1. The molecule has 2 aromatic rings. The number of benzene rings is 2. The van der Waals surface area contributed by atoms with E-state index in [0.717, 1.165) is 11.1 Å². The lowest BCUT2D eigenvalue weighted by atomic mass is 9.97. The summed E-state index contributed by atoms with van der Waals surface area (Å²) in [7, 11) is -8.10. The minimum absolute atomic E-state index is 0.0199. The molecule has 0 spiro atoms. The molecule has 12 nitrogen and oxygen atoms in total. The van der Waals surface area contributed by atoms with Crippen LogP contribution in [0.15, 0.2) is 60.7 Å². The molecule has 254 valence electrons. The molecule has 1 saturated heterocycles. The summed E-state index contributed by atoms with van der Waals surface area (Å²) in [6.45, 7) is -2.40. The summed E-state index contributed by atoms with van der Waals surface area (Å²) in [5.41, 5.74) is 1.46. The quantitative estimate of drug-likeness (QED) is 0.235. The van der Waals surface area contributed by atoms with E-state index in [9.17, 15) is 16.8 Å². The van der Waals surface area contributed by atoms with Crippen LogP contribution in [0.4, 0.5) is 0 Å². The first-order valence-electron chi connectivity index (χ1n) is 12.8. The second-order valence-electron chi connectivity index (χ2n) is 9.35. The van der Waals surface area contributed by atoms with E-state index in [0.29, 0.717) is 0 Å². The molecular weight excluding hydrogens is 767 g/mol. The highest BCUT2D eigenvalue weighted by Crippen LogP contribution is 2.31. The lowest BCUT2D eigenvalue weighted by Gasteiger charge is -2.45. The molecule has 0 radical (unpaired) electrons. The fraction of sp³-hybridized carbons (Fsp3) is 0.520. The Morgan fingerprint density at radius 3 is 1.71 bits per heavy atom. The van der Waals surface area contributed by atoms with E-state index in [1.807, 2.05) is 12.1 Å². The van der Waals surface area contributed by atoms with E-state index >= 15 is 0 Å². The zero-order valence-electron chi connectivity index (χ0n) is 23.3. The fourth-order valence-electron chi connectivity index (χ4n) is 3.97. The number of hydrogen-bond donors (Lipinski definition) is 1. The molecule has 1 heterocycles. The Kier molecular flexibility index (Phi) is 15.2. The van der Waals surface area contributed by atoms with Gasteiger partial charge in [-0.3, -0.25) is 4.18 Å². The van der Waals surface area contributed by atoms with E-state index in [1.54, 1.807) is 48.5 Å². The molecule has 0 unspecified atom stereocenters. The van der Waals surface area contributed by atoms with Crippen LogP contribution in [0.3, 0.4) is 0 Å². The topological polar surface area (TPSA) is 145 Å². The molecule has 0 saturated carbocycles. The molecule has 1 aliphatic rings. The standard InChI is InChI=1S/C25H29Cl6NO11S2/c1-37-23-20(32-44(33,34)41-15-24(26,27)28)22(39-13-18-10-6-3-7-11-18)21(38-12-17-8-4-2-5-9-17)19(43-23)14-40-45(35,36)42-16-25(29,30)31/h2-11,19-23,32H,12-16H2,1H3/t19-,20-,21-,22-,23+/m1/s1. The molecule has 0 aliphatic carbocycles. The Labute approximate surface area is 291 Å². The van der Waals surface area contributed by atoms with Crippen molar-refractivity contribution in [3.8, 4) is 0 Å². The van der Waals surface area contributed by atoms with Gasteiger partial charge in [-0.1, -0.05) is 130 Å². The largest absolute Gasteiger partial charge is 0.400 e. The second kappa shape index (κ2) is 17.4. The van der Waals surface area contributed by atoms with E-state index in [4.69, 9.17) is 96.9 Å². The molecule has 0 amide bonds. The van der Waals surface area contributed by atoms with Crippen LogP contribution >= 0.6 is 69.6 Å². The van der Waals surface area contributed by atoms with Crippen molar-refractivity contribution in [3.05, 3.63) is 71.8 Å². The van der Waals surface area contributed by atoms with Crippen molar-refractivity contribution < 1.29 is 48.3 Å². The summed E-state index contributed by atoms with van der Waals surface area (Å²) in [6, 6.07) is 16.6. The van der Waals surface area contributed by atoms with Gasteiger partial charge >= 0.3 is 20.7 Å². The third-order valence-corrected chi connectivity index (χ3v) is 8.33. The summed E-state index contributed by atoms with van der Waals surface area (Å²) in [4.78, 5) is 0. The summed E-state index contributed by atoms with van der Waals surface area (Å²) in [5, 5.41) is 0. The summed E-state index contributed by atoms with van der Waals surface area (Å²) in [6.07, 6.45) is -5.04. The van der Waals surface area contributed by atoms with Crippen LogP contribution in [0.25, 0.3) is 0 Å². The second-order valence-corrected chi connectivity index (χ2v) is 17.0. The van der Waals surface area contributed by atoms with Gasteiger partial charge in [-0.15, -0.1) is 0 Å². The van der Waals surface area contributed by atoms with Gasteiger partial charge in [0.05, 0.1) is 19.8 Å². The van der Waals surface area contributed by atoms with Crippen molar-refractivity contribution >= 4 is 90.3 Å². The number of rotatable bonds is 16. The van der Waals surface area contributed by atoms with E-state index in [1.165, 1.54) is 7.11 Å². The van der Waals surface area contributed by atoms with Gasteiger partial charge < -0.3 is 18.9 Å². The van der Waals surface area contributed by atoms with Crippen molar-refractivity contribution in [2.45, 2.75) is 51.4 Å². The highest BCUT2D eigenvalue weighted by atomic mass is 35.6. The van der Waals surface area contributed by atoms with Gasteiger partial charge in [-0.2, -0.15) is 21.6 Å². The Balaban J connectivity index is 1.95. The normalized spacial score (nSPS) is 23.2. The van der Waals surface area contributed by atoms with E-state index in [2.05, 4.69) is 8.91 Å². The molecule has 2 aromatic carbocycles. The first kappa shape index (κ1) is 39.2. The molecule has 0 bridgehead atoms. The number of alkyl halides is 6. The summed E-state index contributed by atoms with van der Waals surface area (Å²) < 4.78 is 87.2. The van der Waals surface area contributed by atoms with Crippen molar-refractivity contribution in [1.82, 2.24) is 4.72 Å². The van der Waals surface area contributed by atoms with Gasteiger partial charge in [0.2, 0.25) is 7.59 Å². The van der Waals surface area contributed by atoms with Crippen LogP contribution in [-0.2, 0) is 65.4 Å². The molecule has 1 aliphatic heterocycles. The molecule has 1 fully saturated rings. The van der Waals surface area contributed by atoms with Crippen LogP contribution < -0.4 is 4.72 Å². The summed E-state index contributed by atoms with van der Waals surface area (Å²) >= 11 is 33.8. The van der Waals surface area contributed by atoms with Gasteiger partial charge in [0, 0.05) is 7.11 Å². The molecule has 3 rings (SSSR count). The van der Waals surface area contributed by atoms with Crippen molar-refractivity contribution in [2.75, 3.05) is 26.9 Å². The number of ether oxygens (including phenoxy) is 4.